The molecule has 0 aliphatic carbocycles. The number of carbonyl (C=O) groups is 1. The molecule has 10 unspecified atom stereocenters. The monoisotopic (exact) mass is 956 g/mol. The minimum Gasteiger partial charge on any atom is -0.493 e. The Balaban J connectivity index is 1.86. The number of nitrogens with one attached hydrogen (secondary N) is 3. The van der Waals surface area contributed by atoms with Crippen LogP contribution in [0.5, 0.6) is 17.2 Å². The molecule has 1 aromatic rings. The summed E-state index contributed by atoms with van der Waals surface area (Å²) in [6.07, 6.45) is -6.66. The summed E-state index contributed by atoms with van der Waals surface area (Å²) < 4.78 is 58.0. The molecule has 0 saturated carbocycles. The fraction of sp³-hybridized carbons (Fsp3) is 0.860. The van der Waals surface area contributed by atoms with Gasteiger partial charge < -0.3 is 79.0 Å². The molecule has 3 aliphatic heterocycles. The fourth-order valence-electron chi connectivity index (χ4n) is 10.4. The molecule has 3 heterocycles. The highest BCUT2D eigenvalue weighted by atomic mass is 16.7. The lowest BCUT2D eigenvalue weighted by molar-refractivity contribution is -0.335. The van der Waals surface area contributed by atoms with E-state index in [0.29, 0.717) is 36.8 Å². The molecule has 0 aromatic heterocycles. The summed E-state index contributed by atoms with van der Waals surface area (Å²) >= 11 is 0. The van der Waals surface area contributed by atoms with Gasteiger partial charge in [-0.2, -0.15) is 0 Å². The number of ether oxygens (including phenoxy) is 9. The van der Waals surface area contributed by atoms with E-state index in [-0.39, 0.29) is 50.0 Å². The summed E-state index contributed by atoms with van der Waals surface area (Å²) in [7, 11) is 4.97. The van der Waals surface area contributed by atoms with Crippen molar-refractivity contribution in [1.82, 2.24) is 16.0 Å². The highest BCUT2D eigenvalue weighted by Gasteiger charge is 2.58. The maximum absolute atomic E-state index is 14.6. The molecule has 388 valence electrons. The quantitative estimate of drug-likeness (QED) is 0.0899. The normalized spacial score (nSPS) is 41.8. The van der Waals surface area contributed by atoms with Gasteiger partial charge in [0.25, 0.3) is 0 Å². The molecule has 17 nitrogen and oxygen atoms in total. The van der Waals surface area contributed by atoms with Gasteiger partial charge in [-0.05, 0) is 126 Å². The van der Waals surface area contributed by atoms with E-state index in [1.165, 1.54) is 6.92 Å². The van der Waals surface area contributed by atoms with E-state index in [4.69, 9.17) is 42.6 Å². The van der Waals surface area contributed by atoms with Crippen molar-refractivity contribution in [1.29, 1.82) is 0 Å². The standard InChI is InChI=1S/C50H89N3O14/c1-17-21-52-27-50(58)34(10)63-40(25-48(50,12)60-16)66-41-31(7)44(47(11,56)24-29(5)26-53-33(9)43(54)49(13,57)39(18-2)65-45(55)32(41)8)67-46-42(36(51-14)22-30(6)62-46)64-35-19-20-37(59-15)38(23-35)61-28(3)4/h19-20,23,28-34,36,39-44,46,51-54,56-58H,17-18,21-22,24-27H2,1-16H3/t29?,30-,31?,32?,33?,34+,36+,39?,40+,41?,42-,43?,44?,46+,47?,48-,49?,50+/m1/s1. The number of aliphatic hydroxyl groups excluding tert-OH is 1. The first-order valence-electron chi connectivity index (χ1n) is 24.7. The van der Waals surface area contributed by atoms with Crippen molar-refractivity contribution in [3.8, 4) is 17.2 Å². The van der Waals surface area contributed by atoms with E-state index < -0.39 is 95.5 Å². The number of methoxy groups -OCH3 is 2. The highest BCUT2D eigenvalue weighted by Crippen LogP contribution is 2.44. The Bertz CT molecular complexity index is 1690. The van der Waals surface area contributed by atoms with Gasteiger partial charge in [-0.15, -0.1) is 0 Å². The van der Waals surface area contributed by atoms with Crippen molar-refractivity contribution >= 4 is 5.97 Å². The minimum atomic E-state index is -1.84. The van der Waals surface area contributed by atoms with Gasteiger partial charge in [-0.1, -0.05) is 27.7 Å². The second-order valence-electron chi connectivity index (χ2n) is 20.6. The van der Waals surface area contributed by atoms with Crippen molar-refractivity contribution < 1.29 is 67.9 Å². The predicted molar refractivity (Wildman–Crippen MR) is 254 cm³/mol. The maximum atomic E-state index is 14.6. The molecule has 1 aromatic carbocycles. The molecular weight excluding hydrogens is 867 g/mol. The molecule has 17 heteroatoms. The van der Waals surface area contributed by atoms with Gasteiger partial charge in [0.05, 0.1) is 55.2 Å². The number of esters is 1. The SMILES string of the molecule is CCCNC[C@]1(O)[C@H](C)O[C@@H](OC2C(C)C(=O)OC(CC)C(C)(O)C(O)C(C)NCC(C)CC(C)(O)C(O[C@@H]3O[C@H](C)C[C@H](NC)[C@H]3Oc3ccc(OC)c(OC(C)C)c3)C2C)C[C@@]1(C)OC. The largest absolute Gasteiger partial charge is 0.493 e. The van der Waals surface area contributed by atoms with Gasteiger partial charge in [-0.3, -0.25) is 4.79 Å². The third-order valence-corrected chi connectivity index (χ3v) is 14.5. The van der Waals surface area contributed by atoms with Crippen LogP contribution in [-0.2, 0) is 33.2 Å². The van der Waals surface area contributed by atoms with Crippen molar-refractivity contribution in [2.45, 2.75) is 218 Å². The number of aliphatic hydroxyl groups is 4. The van der Waals surface area contributed by atoms with Crippen LogP contribution in [0.15, 0.2) is 18.2 Å². The average molecular weight is 956 g/mol. The smallest absolute Gasteiger partial charge is 0.311 e. The van der Waals surface area contributed by atoms with Crippen molar-refractivity contribution in [3.05, 3.63) is 18.2 Å². The van der Waals surface area contributed by atoms with Crippen LogP contribution >= 0.6 is 0 Å². The van der Waals surface area contributed by atoms with Gasteiger partial charge in [0.2, 0.25) is 0 Å². The Morgan fingerprint density at radius 2 is 1.63 bits per heavy atom. The molecule has 3 saturated heterocycles. The number of hydrogen-bond acceptors (Lipinski definition) is 17. The molecule has 0 radical (unpaired) electrons. The van der Waals surface area contributed by atoms with E-state index in [9.17, 15) is 25.2 Å². The molecule has 0 amide bonds. The Hall–Kier alpha value is -2.39. The van der Waals surface area contributed by atoms with Gasteiger partial charge >= 0.3 is 5.97 Å². The lowest BCUT2D eigenvalue weighted by Crippen LogP contribution is -2.70. The zero-order valence-corrected chi connectivity index (χ0v) is 43.4. The third kappa shape index (κ3) is 13.5. The summed E-state index contributed by atoms with van der Waals surface area (Å²) in [5.74, 6) is -1.20. The number of cyclic esters (lactones) is 1. The minimum absolute atomic E-state index is 0.0809. The Labute approximate surface area is 400 Å². The van der Waals surface area contributed by atoms with Crippen LogP contribution in [0.3, 0.4) is 0 Å². The lowest BCUT2D eigenvalue weighted by atomic mass is 9.75. The van der Waals surface area contributed by atoms with Crippen molar-refractivity contribution in [3.63, 3.8) is 0 Å². The topological polar surface area (TPSA) is 217 Å². The van der Waals surface area contributed by atoms with Gasteiger partial charge in [0.1, 0.15) is 34.8 Å². The van der Waals surface area contributed by atoms with Gasteiger partial charge in [-0.25, -0.2) is 0 Å². The van der Waals surface area contributed by atoms with Crippen LogP contribution in [0.25, 0.3) is 0 Å². The predicted octanol–water partition coefficient (Wildman–Crippen LogP) is 4.47. The van der Waals surface area contributed by atoms with E-state index in [1.54, 1.807) is 67.0 Å². The van der Waals surface area contributed by atoms with Gasteiger partial charge in [0.15, 0.2) is 30.2 Å². The van der Waals surface area contributed by atoms with Crippen LogP contribution in [-0.4, -0.2) is 163 Å². The second kappa shape index (κ2) is 24.2. The van der Waals surface area contributed by atoms with Crippen LogP contribution < -0.4 is 30.2 Å². The third-order valence-electron chi connectivity index (χ3n) is 14.5. The average Bonchev–Trinajstić information content (AvgIpc) is 3.26. The summed E-state index contributed by atoms with van der Waals surface area (Å²) in [5, 5.41) is 58.6. The molecule has 0 spiro atoms. The highest BCUT2D eigenvalue weighted by molar-refractivity contribution is 5.73. The first-order chi connectivity index (χ1) is 31.3. The van der Waals surface area contributed by atoms with Crippen LogP contribution in [0.4, 0.5) is 0 Å². The molecule has 7 N–H and O–H groups in total. The summed E-state index contributed by atoms with van der Waals surface area (Å²) in [6, 6.07) is 4.46. The first-order valence-corrected chi connectivity index (χ1v) is 24.7. The summed E-state index contributed by atoms with van der Waals surface area (Å²) in [6.45, 7) is 24.9. The summed E-state index contributed by atoms with van der Waals surface area (Å²) in [4.78, 5) is 14.6. The molecule has 67 heavy (non-hydrogen) atoms. The summed E-state index contributed by atoms with van der Waals surface area (Å²) in [5.41, 5.74) is -6.06. The fourth-order valence-corrected chi connectivity index (χ4v) is 10.4. The van der Waals surface area contributed by atoms with E-state index >= 15 is 0 Å². The second-order valence-corrected chi connectivity index (χ2v) is 20.6. The van der Waals surface area contributed by atoms with Crippen LogP contribution in [0, 0.1) is 17.8 Å². The number of likely N-dealkylation sites (N-methyl/N-ethyl adjacent to an activating group) is 1. The van der Waals surface area contributed by atoms with E-state index in [1.807, 2.05) is 55.5 Å². The van der Waals surface area contributed by atoms with Crippen LogP contribution in [0.2, 0.25) is 0 Å². The molecule has 3 aliphatic rings. The van der Waals surface area contributed by atoms with Gasteiger partial charge in [0, 0.05) is 38.1 Å². The number of hydrogen-bond donors (Lipinski definition) is 7. The zero-order chi connectivity index (χ0) is 50.2. The van der Waals surface area contributed by atoms with E-state index in [0.717, 1.165) is 6.42 Å². The first kappa shape index (κ1) is 57.2. The van der Waals surface area contributed by atoms with Crippen molar-refractivity contribution in [2.24, 2.45) is 17.8 Å². The molecule has 0 bridgehead atoms. The Morgan fingerprint density at radius 1 is 0.940 bits per heavy atom. The number of carbonyl (C=O) groups excluding carboxylic acids is 1. The number of benzene rings is 1. The Morgan fingerprint density at radius 3 is 2.22 bits per heavy atom. The number of rotatable bonds is 16. The van der Waals surface area contributed by atoms with Crippen LogP contribution in [0.1, 0.15) is 122 Å². The van der Waals surface area contributed by atoms with E-state index in [2.05, 4.69) is 16.0 Å². The molecule has 18 atom stereocenters. The lowest BCUT2D eigenvalue weighted by Gasteiger charge is -2.53. The molecular formula is C50H89N3O14. The maximum Gasteiger partial charge on any atom is 0.311 e. The molecule has 3 fully saturated rings. The molecule has 4 rings (SSSR count). The zero-order valence-electron chi connectivity index (χ0n) is 43.4. The van der Waals surface area contributed by atoms with Crippen molar-refractivity contribution in [2.75, 3.05) is 40.9 Å². The Kier molecular flexibility index (Phi) is 20.6.